The van der Waals surface area contributed by atoms with Gasteiger partial charge in [-0.3, -0.25) is 0 Å². The van der Waals surface area contributed by atoms with Crippen molar-refractivity contribution in [1.29, 1.82) is 0 Å². The topological polar surface area (TPSA) is 9.23 Å². The van der Waals surface area contributed by atoms with E-state index >= 15 is 0 Å². The summed E-state index contributed by atoms with van der Waals surface area (Å²) in [6.07, 6.45) is 3.54. The third-order valence-corrected chi connectivity index (χ3v) is 1.86. The van der Waals surface area contributed by atoms with Crippen molar-refractivity contribution < 1.29 is 4.74 Å². The van der Waals surface area contributed by atoms with Crippen LogP contribution in [0.3, 0.4) is 0 Å². The molecule has 2 atom stereocenters. The van der Waals surface area contributed by atoms with E-state index in [1.165, 1.54) is 12.8 Å². The molecule has 10 heavy (non-hydrogen) atoms. The lowest BCUT2D eigenvalue weighted by atomic mass is 9.85. The molecule has 0 aliphatic carbocycles. The van der Waals surface area contributed by atoms with Crippen LogP contribution in [0, 0.1) is 5.41 Å². The Kier molecular flexibility index (Phi) is 2.04. The molecule has 60 valence electrons. The van der Waals surface area contributed by atoms with Gasteiger partial charge in [-0.2, -0.15) is 0 Å². The number of ether oxygens (including phenoxy) is 1. The lowest BCUT2D eigenvalue weighted by Gasteiger charge is -2.37. The van der Waals surface area contributed by atoms with Crippen molar-refractivity contribution in [2.75, 3.05) is 0 Å². The molecule has 0 amide bonds. The molecular formula is C9H18O. The fraction of sp³-hybridized carbons (Fsp3) is 1.00. The largest absolute Gasteiger partial charge is 0.375 e. The predicted molar refractivity (Wildman–Crippen MR) is 43.0 cm³/mol. The SMILES string of the molecule is CC1CC(CC(C)(C)C)O1. The molecule has 0 bridgehead atoms. The maximum Gasteiger partial charge on any atom is 0.0608 e. The van der Waals surface area contributed by atoms with Crippen LogP contribution in [0.5, 0.6) is 0 Å². The second-order valence-electron chi connectivity index (χ2n) is 4.57. The van der Waals surface area contributed by atoms with Crippen LogP contribution >= 0.6 is 0 Å². The zero-order chi connectivity index (χ0) is 7.78. The van der Waals surface area contributed by atoms with Crippen molar-refractivity contribution in [3.05, 3.63) is 0 Å². The summed E-state index contributed by atoms with van der Waals surface area (Å²) in [6.45, 7) is 8.93. The van der Waals surface area contributed by atoms with E-state index in [0.29, 0.717) is 17.6 Å². The predicted octanol–water partition coefficient (Wildman–Crippen LogP) is 2.60. The lowest BCUT2D eigenvalue weighted by Crippen LogP contribution is -2.37. The molecule has 1 aliphatic heterocycles. The average Bonchev–Trinajstić information content (AvgIpc) is 1.57. The van der Waals surface area contributed by atoms with Gasteiger partial charge in [0, 0.05) is 0 Å². The normalized spacial score (nSPS) is 33.6. The Morgan fingerprint density at radius 3 is 2.20 bits per heavy atom. The highest BCUT2D eigenvalue weighted by atomic mass is 16.5. The summed E-state index contributed by atoms with van der Waals surface area (Å²) >= 11 is 0. The molecule has 0 spiro atoms. The molecule has 1 fully saturated rings. The van der Waals surface area contributed by atoms with E-state index in [2.05, 4.69) is 27.7 Å². The third-order valence-electron chi connectivity index (χ3n) is 1.86. The van der Waals surface area contributed by atoms with Gasteiger partial charge in [-0.15, -0.1) is 0 Å². The first kappa shape index (κ1) is 8.06. The van der Waals surface area contributed by atoms with Crippen LogP contribution in [0.4, 0.5) is 0 Å². The smallest absolute Gasteiger partial charge is 0.0608 e. The first-order valence-corrected chi connectivity index (χ1v) is 4.13. The molecule has 0 N–H and O–H groups in total. The van der Waals surface area contributed by atoms with E-state index in [1.54, 1.807) is 0 Å². The summed E-state index contributed by atoms with van der Waals surface area (Å²) in [7, 11) is 0. The Morgan fingerprint density at radius 2 is 1.90 bits per heavy atom. The van der Waals surface area contributed by atoms with E-state index in [4.69, 9.17) is 4.74 Å². The second kappa shape index (κ2) is 2.54. The van der Waals surface area contributed by atoms with Crippen LogP contribution in [0.15, 0.2) is 0 Å². The van der Waals surface area contributed by atoms with Crippen molar-refractivity contribution in [1.82, 2.24) is 0 Å². The fourth-order valence-electron chi connectivity index (χ4n) is 1.50. The highest BCUT2D eigenvalue weighted by Gasteiger charge is 2.29. The summed E-state index contributed by atoms with van der Waals surface area (Å²) < 4.78 is 5.52. The molecular weight excluding hydrogens is 124 g/mol. The van der Waals surface area contributed by atoms with Gasteiger partial charge >= 0.3 is 0 Å². The molecule has 2 unspecified atom stereocenters. The maximum absolute atomic E-state index is 5.52. The minimum Gasteiger partial charge on any atom is -0.375 e. The quantitative estimate of drug-likeness (QED) is 0.547. The summed E-state index contributed by atoms with van der Waals surface area (Å²) in [6, 6.07) is 0. The van der Waals surface area contributed by atoms with Gasteiger partial charge in [0.15, 0.2) is 0 Å². The zero-order valence-electron chi connectivity index (χ0n) is 7.48. The molecule has 1 heterocycles. The Bertz CT molecular complexity index is 106. The molecule has 1 rings (SSSR count). The van der Waals surface area contributed by atoms with Gasteiger partial charge < -0.3 is 4.74 Å². The minimum atomic E-state index is 0.435. The van der Waals surface area contributed by atoms with E-state index < -0.39 is 0 Å². The van der Waals surface area contributed by atoms with Gasteiger partial charge in [-0.25, -0.2) is 0 Å². The highest BCUT2D eigenvalue weighted by Crippen LogP contribution is 2.31. The van der Waals surface area contributed by atoms with Gasteiger partial charge in [0.2, 0.25) is 0 Å². The van der Waals surface area contributed by atoms with Crippen LogP contribution in [-0.2, 0) is 4.74 Å². The van der Waals surface area contributed by atoms with E-state index in [-0.39, 0.29) is 0 Å². The molecule has 0 aromatic rings. The van der Waals surface area contributed by atoms with Crippen LogP contribution in [0.25, 0.3) is 0 Å². The molecule has 1 nitrogen and oxygen atoms in total. The average molecular weight is 142 g/mol. The van der Waals surface area contributed by atoms with Crippen molar-refractivity contribution >= 4 is 0 Å². The van der Waals surface area contributed by atoms with Crippen molar-refractivity contribution in [3.8, 4) is 0 Å². The lowest BCUT2D eigenvalue weighted by molar-refractivity contribution is -0.127. The Balaban J connectivity index is 2.16. The molecule has 0 radical (unpaired) electrons. The molecule has 0 aromatic carbocycles. The number of hydrogen-bond acceptors (Lipinski definition) is 1. The van der Waals surface area contributed by atoms with Crippen LogP contribution in [0.2, 0.25) is 0 Å². The molecule has 0 saturated carbocycles. The first-order chi connectivity index (χ1) is 4.47. The first-order valence-electron chi connectivity index (χ1n) is 4.13. The van der Waals surface area contributed by atoms with Crippen molar-refractivity contribution in [2.45, 2.75) is 52.7 Å². The summed E-state index contributed by atoms with van der Waals surface area (Å²) in [5.74, 6) is 0. The Hall–Kier alpha value is -0.0400. The molecule has 1 heteroatoms. The summed E-state index contributed by atoms with van der Waals surface area (Å²) in [4.78, 5) is 0. The summed E-state index contributed by atoms with van der Waals surface area (Å²) in [5.41, 5.74) is 0.435. The number of hydrogen-bond donors (Lipinski definition) is 0. The third kappa shape index (κ3) is 2.30. The van der Waals surface area contributed by atoms with Crippen LogP contribution < -0.4 is 0 Å². The fourth-order valence-corrected chi connectivity index (χ4v) is 1.50. The monoisotopic (exact) mass is 142 g/mol. The van der Waals surface area contributed by atoms with Gasteiger partial charge in [-0.05, 0) is 25.2 Å². The molecule has 1 aliphatic rings. The minimum absolute atomic E-state index is 0.435. The van der Waals surface area contributed by atoms with Crippen LogP contribution in [-0.4, -0.2) is 12.2 Å². The Morgan fingerprint density at radius 1 is 1.40 bits per heavy atom. The Labute approximate surface area is 63.8 Å². The van der Waals surface area contributed by atoms with E-state index in [1.807, 2.05) is 0 Å². The highest BCUT2D eigenvalue weighted by molar-refractivity contribution is 4.78. The van der Waals surface area contributed by atoms with Gasteiger partial charge in [-0.1, -0.05) is 20.8 Å². The van der Waals surface area contributed by atoms with Crippen LogP contribution in [0.1, 0.15) is 40.5 Å². The van der Waals surface area contributed by atoms with Crippen molar-refractivity contribution in [3.63, 3.8) is 0 Å². The zero-order valence-corrected chi connectivity index (χ0v) is 7.48. The van der Waals surface area contributed by atoms with Gasteiger partial charge in [0.1, 0.15) is 0 Å². The van der Waals surface area contributed by atoms with Gasteiger partial charge in [0.25, 0.3) is 0 Å². The second-order valence-corrected chi connectivity index (χ2v) is 4.57. The maximum atomic E-state index is 5.52. The van der Waals surface area contributed by atoms with Crippen molar-refractivity contribution in [2.24, 2.45) is 5.41 Å². The molecule has 1 saturated heterocycles. The molecule has 0 aromatic heterocycles. The van der Waals surface area contributed by atoms with E-state index in [9.17, 15) is 0 Å². The number of rotatable bonds is 1. The standard InChI is InChI=1S/C9H18O/c1-7-5-8(10-7)6-9(2,3)4/h7-8H,5-6H2,1-4H3. The van der Waals surface area contributed by atoms with Gasteiger partial charge in [0.05, 0.1) is 12.2 Å². The van der Waals surface area contributed by atoms with E-state index in [0.717, 1.165) is 0 Å². The summed E-state index contributed by atoms with van der Waals surface area (Å²) in [5, 5.41) is 0.